The molecule has 1 atom stereocenters. The summed E-state index contributed by atoms with van der Waals surface area (Å²) in [6, 6.07) is 17.1. The minimum Gasteiger partial charge on any atom is -0.481 e. The lowest BCUT2D eigenvalue weighted by Crippen LogP contribution is -2.50. The zero-order valence-corrected chi connectivity index (χ0v) is 24.2. The highest BCUT2D eigenvalue weighted by molar-refractivity contribution is 7.89. The van der Waals surface area contributed by atoms with Gasteiger partial charge < -0.3 is 19.1 Å². The molecular formula is C31H32N2O7S. The highest BCUT2D eigenvalue weighted by Gasteiger charge is 2.42. The summed E-state index contributed by atoms with van der Waals surface area (Å²) in [7, 11) is -1.47. The van der Waals surface area contributed by atoms with Gasteiger partial charge in [0.05, 0.1) is 18.6 Å². The van der Waals surface area contributed by atoms with Crippen LogP contribution in [0.1, 0.15) is 27.0 Å². The molecule has 214 valence electrons. The van der Waals surface area contributed by atoms with Crippen LogP contribution >= 0.6 is 0 Å². The van der Waals surface area contributed by atoms with Crippen LogP contribution in [0.3, 0.4) is 0 Å². The van der Waals surface area contributed by atoms with Crippen molar-refractivity contribution in [3.05, 3.63) is 89.0 Å². The van der Waals surface area contributed by atoms with Crippen molar-refractivity contribution >= 4 is 27.6 Å². The number of anilines is 1. The molecule has 1 aliphatic rings. The van der Waals surface area contributed by atoms with E-state index >= 15 is 0 Å². The number of nitrogens with zero attached hydrogens (tertiary/aromatic N) is 2. The minimum absolute atomic E-state index is 0.0316. The van der Waals surface area contributed by atoms with Gasteiger partial charge in [-0.2, -0.15) is 4.31 Å². The fourth-order valence-corrected chi connectivity index (χ4v) is 6.20. The van der Waals surface area contributed by atoms with Gasteiger partial charge in [-0.15, -0.1) is 0 Å². The van der Waals surface area contributed by atoms with E-state index in [4.69, 9.17) is 14.2 Å². The summed E-state index contributed by atoms with van der Waals surface area (Å²) < 4.78 is 44.6. The number of carbonyl (C=O) groups excluding carboxylic acids is 2. The number of hydrogen-bond acceptors (Lipinski definition) is 7. The molecule has 1 aliphatic heterocycles. The second-order valence-corrected chi connectivity index (χ2v) is 11.4. The van der Waals surface area contributed by atoms with Crippen molar-refractivity contribution in [1.29, 1.82) is 0 Å². The molecule has 0 fully saturated rings. The maximum atomic E-state index is 14.0. The predicted octanol–water partition coefficient (Wildman–Crippen LogP) is 3.72. The van der Waals surface area contributed by atoms with Gasteiger partial charge >= 0.3 is 5.97 Å². The molecule has 9 nitrogen and oxygen atoms in total. The van der Waals surface area contributed by atoms with E-state index in [-0.39, 0.29) is 37.1 Å². The standard InChI is InChI=1S/C31H32N2O7S/c1-22-11-16-27(23(2)19-22)30(34)32-21-29(31(35)39-4)33(20-24-9-5-6-10-28(24)32)41(36,37)26-14-12-25(13-15-26)40-18-8-7-17-38-3/h5-6,9-16,19,29H,17-18,20-21H2,1-4H3. The Morgan fingerprint density at radius 3 is 2.34 bits per heavy atom. The Hall–Kier alpha value is -4.17. The Labute approximate surface area is 240 Å². The Morgan fingerprint density at radius 1 is 0.951 bits per heavy atom. The molecule has 0 spiro atoms. The maximum Gasteiger partial charge on any atom is 0.326 e. The van der Waals surface area contributed by atoms with Crippen molar-refractivity contribution in [2.24, 2.45) is 0 Å². The van der Waals surface area contributed by atoms with Gasteiger partial charge in [0, 0.05) is 24.9 Å². The van der Waals surface area contributed by atoms with E-state index in [0.29, 0.717) is 22.6 Å². The molecule has 0 N–H and O–H groups in total. The number of methoxy groups -OCH3 is 2. The van der Waals surface area contributed by atoms with Crippen molar-refractivity contribution in [2.75, 3.05) is 38.9 Å². The smallest absolute Gasteiger partial charge is 0.326 e. The first-order valence-electron chi connectivity index (χ1n) is 12.9. The quantitative estimate of drug-likeness (QED) is 0.312. The molecule has 41 heavy (non-hydrogen) atoms. The van der Waals surface area contributed by atoms with Gasteiger partial charge in [0.25, 0.3) is 5.91 Å². The second-order valence-electron chi connectivity index (χ2n) is 9.50. The summed E-state index contributed by atoms with van der Waals surface area (Å²) in [4.78, 5) is 28.4. The zero-order chi connectivity index (χ0) is 29.6. The van der Waals surface area contributed by atoms with Gasteiger partial charge in [0.15, 0.2) is 0 Å². The first kappa shape index (κ1) is 29.8. The summed E-state index contributed by atoms with van der Waals surface area (Å²) >= 11 is 0. The lowest BCUT2D eigenvalue weighted by molar-refractivity contribution is -0.144. The zero-order valence-electron chi connectivity index (χ0n) is 23.4. The molecule has 10 heteroatoms. The molecule has 0 saturated heterocycles. The lowest BCUT2D eigenvalue weighted by atomic mass is 10.0. The average molecular weight is 577 g/mol. The third kappa shape index (κ3) is 6.60. The van der Waals surface area contributed by atoms with Crippen molar-refractivity contribution in [3.8, 4) is 17.6 Å². The summed E-state index contributed by atoms with van der Waals surface area (Å²) in [5.41, 5.74) is 3.36. The van der Waals surface area contributed by atoms with Crippen molar-refractivity contribution < 1.29 is 32.2 Å². The summed E-state index contributed by atoms with van der Waals surface area (Å²) in [6.07, 6.45) is 0. The molecule has 0 radical (unpaired) electrons. The first-order valence-corrected chi connectivity index (χ1v) is 14.4. The predicted molar refractivity (Wildman–Crippen MR) is 154 cm³/mol. The third-order valence-electron chi connectivity index (χ3n) is 6.73. The first-order chi connectivity index (χ1) is 19.7. The van der Waals surface area contributed by atoms with Crippen LogP contribution in [0.5, 0.6) is 5.75 Å². The summed E-state index contributed by atoms with van der Waals surface area (Å²) in [6.45, 7) is 3.83. The number of benzene rings is 3. The molecule has 4 rings (SSSR count). The number of aryl methyl sites for hydroxylation is 2. The maximum absolute atomic E-state index is 14.0. The van der Waals surface area contributed by atoms with Gasteiger partial charge in [0.1, 0.15) is 25.0 Å². The molecular weight excluding hydrogens is 544 g/mol. The van der Waals surface area contributed by atoms with Crippen LogP contribution in [0.25, 0.3) is 0 Å². The molecule has 3 aromatic carbocycles. The van der Waals surface area contributed by atoms with E-state index in [0.717, 1.165) is 15.4 Å². The molecule has 1 unspecified atom stereocenters. The van der Waals surface area contributed by atoms with E-state index in [9.17, 15) is 18.0 Å². The van der Waals surface area contributed by atoms with Crippen LogP contribution in [0, 0.1) is 25.7 Å². The topological polar surface area (TPSA) is 102 Å². The SMILES string of the molecule is COCC#CCOc1ccc(S(=O)(=O)N2Cc3ccccc3N(C(=O)c3ccc(C)cc3C)CC2C(=O)OC)cc1. The number of carbonyl (C=O) groups is 2. The van der Waals surface area contributed by atoms with Crippen LogP contribution in [0.4, 0.5) is 5.69 Å². The number of sulfonamides is 1. The number of hydrogen-bond donors (Lipinski definition) is 0. The van der Waals surface area contributed by atoms with Gasteiger partial charge in [-0.05, 0) is 61.4 Å². The van der Waals surface area contributed by atoms with Gasteiger partial charge in [-0.3, -0.25) is 9.59 Å². The highest BCUT2D eigenvalue weighted by Crippen LogP contribution is 2.33. The van der Waals surface area contributed by atoms with Crippen LogP contribution in [0.15, 0.2) is 71.6 Å². The highest BCUT2D eigenvalue weighted by atomic mass is 32.2. The number of esters is 1. The largest absolute Gasteiger partial charge is 0.481 e. The number of rotatable bonds is 7. The molecule has 1 heterocycles. The van der Waals surface area contributed by atoms with Crippen molar-refractivity contribution in [2.45, 2.75) is 31.3 Å². The fourth-order valence-electron chi connectivity index (χ4n) is 4.66. The Morgan fingerprint density at radius 2 is 1.66 bits per heavy atom. The lowest BCUT2D eigenvalue weighted by Gasteiger charge is -2.29. The molecule has 1 amide bonds. The number of amides is 1. The molecule has 0 aliphatic carbocycles. The van der Waals surface area contributed by atoms with Crippen LogP contribution in [0.2, 0.25) is 0 Å². The fraction of sp³-hybridized carbons (Fsp3) is 0.290. The average Bonchev–Trinajstić information content (AvgIpc) is 3.14. The Bertz CT molecular complexity index is 1590. The number of fused-ring (bicyclic) bond motifs is 1. The summed E-state index contributed by atoms with van der Waals surface area (Å²) in [5, 5.41) is 0. The van der Waals surface area contributed by atoms with Crippen molar-refractivity contribution in [1.82, 2.24) is 4.31 Å². The molecule has 0 bridgehead atoms. The molecule has 0 aromatic heterocycles. The Kier molecular flexibility index (Phi) is 9.45. The van der Waals surface area contributed by atoms with Crippen LogP contribution < -0.4 is 9.64 Å². The van der Waals surface area contributed by atoms with E-state index < -0.39 is 22.0 Å². The summed E-state index contributed by atoms with van der Waals surface area (Å²) in [5.74, 6) is 4.90. The minimum atomic E-state index is -4.21. The third-order valence-corrected chi connectivity index (χ3v) is 8.59. The molecule has 3 aromatic rings. The number of para-hydroxylation sites is 1. The van der Waals surface area contributed by atoms with E-state index in [1.807, 2.05) is 26.0 Å². The van der Waals surface area contributed by atoms with E-state index in [2.05, 4.69) is 11.8 Å². The van der Waals surface area contributed by atoms with Gasteiger partial charge in [0.2, 0.25) is 10.0 Å². The molecule has 0 saturated carbocycles. The Balaban J connectivity index is 1.70. The van der Waals surface area contributed by atoms with E-state index in [1.54, 1.807) is 37.4 Å². The van der Waals surface area contributed by atoms with Gasteiger partial charge in [-0.25, -0.2) is 8.42 Å². The van der Waals surface area contributed by atoms with Gasteiger partial charge in [-0.1, -0.05) is 47.7 Å². The normalized spacial score (nSPS) is 15.2. The monoisotopic (exact) mass is 576 g/mol. The van der Waals surface area contributed by atoms with Crippen LogP contribution in [-0.4, -0.2) is 64.6 Å². The second kappa shape index (κ2) is 13.0. The van der Waals surface area contributed by atoms with E-state index in [1.165, 1.54) is 36.3 Å². The van der Waals surface area contributed by atoms with Crippen LogP contribution in [-0.2, 0) is 30.8 Å². The number of ether oxygens (including phenoxy) is 3. The van der Waals surface area contributed by atoms with Crippen molar-refractivity contribution in [3.63, 3.8) is 0 Å².